The molecule has 0 bridgehead atoms. The van der Waals surface area contributed by atoms with Gasteiger partial charge in [-0.3, -0.25) is 9.59 Å². The summed E-state index contributed by atoms with van der Waals surface area (Å²) < 4.78 is 10.1. The minimum Gasteiger partial charge on any atom is -0.478 e. The lowest BCUT2D eigenvalue weighted by atomic mass is 10.2. The SMILES string of the molecule is Cc1cc(NC(=O)CSCC(=O)NCc2cc(C(=O)O)c(C)o2)no1. The zero-order valence-electron chi connectivity index (χ0n) is 13.6. The molecule has 0 aliphatic carbocycles. The predicted octanol–water partition coefficient (Wildman–Crippen LogP) is 1.57. The van der Waals surface area contributed by atoms with E-state index in [1.165, 1.54) is 6.07 Å². The van der Waals surface area contributed by atoms with Gasteiger partial charge in [-0.05, 0) is 19.9 Å². The summed E-state index contributed by atoms with van der Waals surface area (Å²) in [6.45, 7) is 3.33. The van der Waals surface area contributed by atoms with Crippen LogP contribution in [0.25, 0.3) is 0 Å². The van der Waals surface area contributed by atoms with Gasteiger partial charge in [0.25, 0.3) is 0 Å². The van der Waals surface area contributed by atoms with Crippen LogP contribution in [0.15, 0.2) is 21.1 Å². The lowest BCUT2D eigenvalue weighted by Gasteiger charge is -2.03. The Kier molecular flexibility index (Phi) is 6.23. The number of aromatic carboxylic acids is 1. The zero-order chi connectivity index (χ0) is 18.4. The maximum absolute atomic E-state index is 11.7. The van der Waals surface area contributed by atoms with Crippen molar-refractivity contribution >= 4 is 35.4 Å². The molecule has 0 atom stereocenters. The third-order valence-corrected chi connectivity index (χ3v) is 3.95. The van der Waals surface area contributed by atoms with Crippen LogP contribution in [-0.4, -0.2) is 39.6 Å². The van der Waals surface area contributed by atoms with Crippen LogP contribution in [0.4, 0.5) is 5.82 Å². The highest BCUT2D eigenvalue weighted by Gasteiger charge is 2.14. The summed E-state index contributed by atoms with van der Waals surface area (Å²) in [6.07, 6.45) is 0. The molecule has 134 valence electrons. The number of anilines is 1. The Bertz CT molecular complexity index is 782. The highest BCUT2D eigenvalue weighted by molar-refractivity contribution is 8.00. The maximum Gasteiger partial charge on any atom is 0.339 e. The normalized spacial score (nSPS) is 10.5. The van der Waals surface area contributed by atoms with Crippen LogP contribution in [0, 0.1) is 13.8 Å². The van der Waals surface area contributed by atoms with E-state index >= 15 is 0 Å². The second-order valence-electron chi connectivity index (χ2n) is 5.13. The Morgan fingerprint density at radius 3 is 2.52 bits per heavy atom. The quantitative estimate of drug-likeness (QED) is 0.640. The Morgan fingerprint density at radius 2 is 1.92 bits per heavy atom. The summed E-state index contributed by atoms with van der Waals surface area (Å²) in [4.78, 5) is 34.3. The van der Waals surface area contributed by atoms with Crippen LogP contribution in [-0.2, 0) is 16.1 Å². The van der Waals surface area contributed by atoms with Crippen molar-refractivity contribution < 1.29 is 28.4 Å². The van der Waals surface area contributed by atoms with Crippen molar-refractivity contribution in [3.05, 3.63) is 35.0 Å². The van der Waals surface area contributed by atoms with Gasteiger partial charge in [-0.15, -0.1) is 11.8 Å². The first-order valence-corrected chi connectivity index (χ1v) is 8.41. The molecule has 9 nitrogen and oxygen atoms in total. The van der Waals surface area contributed by atoms with E-state index in [1.807, 2.05) is 0 Å². The van der Waals surface area contributed by atoms with E-state index in [0.717, 1.165) is 11.8 Å². The van der Waals surface area contributed by atoms with E-state index in [-0.39, 0.29) is 41.2 Å². The molecule has 0 unspecified atom stereocenters. The standard InChI is InChI=1S/C15H17N3O6S/c1-8-3-12(18-24-8)17-14(20)7-25-6-13(19)16-5-10-4-11(15(21)22)9(2)23-10/h3-4H,5-7H2,1-2H3,(H,16,19)(H,21,22)(H,17,18,20). The molecule has 0 aliphatic rings. The third kappa shape index (κ3) is 5.68. The van der Waals surface area contributed by atoms with Crippen LogP contribution >= 0.6 is 11.8 Å². The zero-order valence-corrected chi connectivity index (χ0v) is 14.4. The summed E-state index contributed by atoms with van der Waals surface area (Å²) in [7, 11) is 0. The maximum atomic E-state index is 11.7. The van der Waals surface area contributed by atoms with Gasteiger partial charge in [0.15, 0.2) is 5.82 Å². The van der Waals surface area contributed by atoms with Gasteiger partial charge >= 0.3 is 5.97 Å². The molecule has 3 N–H and O–H groups in total. The lowest BCUT2D eigenvalue weighted by molar-refractivity contribution is -0.118. The number of hydrogen-bond donors (Lipinski definition) is 3. The fraction of sp³-hybridized carbons (Fsp3) is 0.333. The van der Waals surface area contributed by atoms with Gasteiger partial charge in [-0.2, -0.15) is 0 Å². The largest absolute Gasteiger partial charge is 0.478 e. The number of amides is 2. The molecular formula is C15H17N3O6S. The molecule has 2 rings (SSSR count). The number of nitrogens with zero attached hydrogens (tertiary/aromatic N) is 1. The van der Waals surface area contributed by atoms with E-state index in [4.69, 9.17) is 14.0 Å². The number of carboxylic acid groups (broad SMARTS) is 1. The number of carbonyl (C=O) groups is 3. The highest BCUT2D eigenvalue weighted by Crippen LogP contribution is 2.14. The first-order valence-electron chi connectivity index (χ1n) is 7.25. The summed E-state index contributed by atoms with van der Waals surface area (Å²) in [6, 6.07) is 2.96. The molecule has 0 aromatic carbocycles. The van der Waals surface area contributed by atoms with Gasteiger partial charge in [0.05, 0.1) is 18.1 Å². The number of aryl methyl sites for hydroxylation is 2. The van der Waals surface area contributed by atoms with E-state index in [9.17, 15) is 14.4 Å². The minimum absolute atomic E-state index is 0.0680. The molecule has 0 fully saturated rings. The van der Waals surface area contributed by atoms with Crippen molar-refractivity contribution in [3.8, 4) is 0 Å². The molecule has 2 heterocycles. The lowest BCUT2D eigenvalue weighted by Crippen LogP contribution is -2.25. The Balaban J connectivity index is 1.67. The van der Waals surface area contributed by atoms with Crippen LogP contribution in [0.2, 0.25) is 0 Å². The van der Waals surface area contributed by atoms with Crippen molar-refractivity contribution in [1.82, 2.24) is 10.5 Å². The molecule has 2 aromatic rings. The van der Waals surface area contributed by atoms with Crippen LogP contribution < -0.4 is 10.6 Å². The van der Waals surface area contributed by atoms with E-state index < -0.39 is 5.97 Å². The molecule has 0 radical (unpaired) electrons. The van der Waals surface area contributed by atoms with Crippen LogP contribution in [0.5, 0.6) is 0 Å². The smallest absolute Gasteiger partial charge is 0.339 e. The number of nitrogens with one attached hydrogen (secondary N) is 2. The minimum atomic E-state index is -1.08. The molecule has 10 heteroatoms. The number of carbonyl (C=O) groups excluding carboxylic acids is 2. The van der Waals surface area contributed by atoms with Crippen molar-refractivity contribution in [2.75, 3.05) is 16.8 Å². The van der Waals surface area contributed by atoms with Gasteiger partial charge in [0.2, 0.25) is 11.8 Å². The van der Waals surface area contributed by atoms with Gasteiger partial charge in [-0.25, -0.2) is 4.79 Å². The number of aromatic nitrogens is 1. The second-order valence-corrected chi connectivity index (χ2v) is 6.11. The summed E-state index contributed by atoms with van der Waals surface area (Å²) in [5.41, 5.74) is 0.0680. The number of rotatable bonds is 8. The topological polar surface area (TPSA) is 135 Å². The molecule has 0 spiro atoms. The molecular weight excluding hydrogens is 350 g/mol. The predicted molar refractivity (Wildman–Crippen MR) is 89.4 cm³/mol. The van der Waals surface area contributed by atoms with E-state index in [1.54, 1.807) is 19.9 Å². The number of carboxylic acids is 1. The van der Waals surface area contributed by atoms with Crippen molar-refractivity contribution in [2.24, 2.45) is 0 Å². The van der Waals surface area contributed by atoms with Gasteiger partial charge < -0.3 is 24.7 Å². The van der Waals surface area contributed by atoms with Gasteiger partial charge in [-0.1, -0.05) is 5.16 Å². The molecule has 2 amide bonds. The van der Waals surface area contributed by atoms with Crippen molar-refractivity contribution in [3.63, 3.8) is 0 Å². The molecule has 0 saturated carbocycles. The Labute approximate surface area is 147 Å². The fourth-order valence-electron chi connectivity index (χ4n) is 1.92. The summed E-state index contributed by atoms with van der Waals surface area (Å²) >= 11 is 1.14. The first-order chi connectivity index (χ1) is 11.8. The molecule has 0 aliphatic heterocycles. The molecule has 0 saturated heterocycles. The number of furan rings is 1. The van der Waals surface area contributed by atoms with Gasteiger partial charge in [0.1, 0.15) is 22.8 Å². The van der Waals surface area contributed by atoms with Crippen LogP contribution in [0.3, 0.4) is 0 Å². The van der Waals surface area contributed by atoms with Crippen LogP contribution in [0.1, 0.15) is 27.6 Å². The summed E-state index contributed by atoms with van der Waals surface area (Å²) in [5, 5.41) is 17.7. The van der Waals surface area contributed by atoms with Crippen molar-refractivity contribution in [2.45, 2.75) is 20.4 Å². The third-order valence-electron chi connectivity index (χ3n) is 3.02. The fourth-order valence-corrected chi connectivity index (χ4v) is 2.57. The van der Waals surface area contributed by atoms with Gasteiger partial charge in [0, 0.05) is 6.07 Å². The second kappa shape index (κ2) is 8.38. The average Bonchev–Trinajstić information content (AvgIpc) is 3.11. The first kappa shape index (κ1) is 18.6. The summed E-state index contributed by atoms with van der Waals surface area (Å²) in [5.74, 6) is 0.0522. The van der Waals surface area contributed by atoms with Crippen molar-refractivity contribution in [1.29, 1.82) is 0 Å². The average molecular weight is 367 g/mol. The van der Waals surface area contributed by atoms with E-state index in [2.05, 4.69) is 15.8 Å². The molecule has 25 heavy (non-hydrogen) atoms. The Hall–Kier alpha value is -2.75. The Morgan fingerprint density at radius 1 is 1.20 bits per heavy atom. The molecule has 2 aromatic heterocycles. The highest BCUT2D eigenvalue weighted by atomic mass is 32.2. The number of thioether (sulfide) groups is 1. The number of hydrogen-bond acceptors (Lipinski definition) is 7. The monoisotopic (exact) mass is 367 g/mol. The van der Waals surface area contributed by atoms with E-state index in [0.29, 0.717) is 17.3 Å².